The van der Waals surface area contributed by atoms with Gasteiger partial charge in [-0.25, -0.2) is 4.79 Å². The third-order valence-corrected chi connectivity index (χ3v) is 1.80. The van der Waals surface area contributed by atoms with Crippen molar-refractivity contribution in [2.75, 3.05) is 39.6 Å². The molecule has 0 rings (SSSR count). The van der Waals surface area contributed by atoms with Crippen LogP contribution in [-0.4, -0.2) is 50.7 Å². The minimum Gasteiger partial charge on any atom is -0.464 e. The van der Waals surface area contributed by atoms with Crippen LogP contribution >= 0.6 is 0 Å². The average Bonchev–Trinajstić information content (AvgIpc) is 2.27. The van der Waals surface area contributed by atoms with Crippen molar-refractivity contribution in [3.05, 3.63) is 0 Å². The van der Waals surface area contributed by atoms with E-state index < -0.39 is 0 Å². The zero-order valence-corrected chi connectivity index (χ0v) is 9.94. The van der Waals surface area contributed by atoms with Crippen molar-refractivity contribution in [2.45, 2.75) is 26.2 Å². The summed E-state index contributed by atoms with van der Waals surface area (Å²) in [7, 11) is 0. The highest BCUT2D eigenvalue weighted by Crippen LogP contribution is 1.91. The topological polar surface area (TPSA) is 65.0 Å². The smallest absolute Gasteiger partial charge is 0.332 e. The van der Waals surface area contributed by atoms with Crippen molar-refractivity contribution in [3.8, 4) is 0 Å². The third-order valence-electron chi connectivity index (χ3n) is 1.80. The molecule has 0 bridgehead atoms. The van der Waals surface area contributed by atoms with Crippen LogP contribution in [0.1, 0.15) is 26.2 Å². The lowest BCUT2D eigenvalue weighted by Gasteiger charge is -2.05. The second-order valence-electron chi connectivity index (χ2n) is 3.25. The fraction of sp³-hybridized carbons (Fsp3) is 0.909. The minimum absolute atomic E-state index is 0.0123. The maximum absolute atomic E-state index is 10.8. The van der Waals surface area contributed by atoms with Crippen molar-refractivity contribution < 1.29 is 24.1 Å². The van der Waals surface area contributed by atoms with Gasteiger partial charge >= 0.3 is 5.97 Å². The Labute approximate surface area is 96.7 Å². The standard InChI is InChI=1S/C11H22O5/c1-2-16-11(13)10-15-9-5-8-14-7-4-3-6-12/h12H,2-10H2,1H3. The molecule has 1 N–H and O–H groups in total. The Balaban J connectivity index is 3.01. The molecular weight excluding hydrogens is 212 g/mol. The highest BCUT2D eigenvalue weighted by atomic mass is 16.6. The number of hydrogen-bond acceptors (Lipinski definition) is 5. The van der Waals surface area contributed by atoms with Gasteiger partial charge in [0.05, 0.1) is 6.61 Å². The van der Waals surface area contributed by atoms with Gasteiger partial charge in [0.25, 0.3) is 0 Å². The van der Waals surface area contributed by atoms with Crippen LogP contribution < -0.4 is 0 Å². The van der Waals surface area contributed by atoms with Crippen LogP contribution in [0.5, 0.6) is 0 Å². The van der Waals surface area contributed by atoms with Crippen molar-refractivity contribution in [1.82, 2.24) is 0 Å². The quantitative estimate of drug-likeness (QED) is 0.422. The van der Waals surface area contributed by atoms with Gasteiger partial charge in [0.1, 0.15) is 6.61 Å². The summed E-state index contributed by atoms with van der Waals surface area (Å²) in [5, 5.41) is 8.52. The zero-order chi connectivity index (χ0) is 12.1. The molecule has 0 aromatic carbocycles. The predicted octanol–water partition coefficient (Wildman–Crippen LogP) is 0.745. The molecule has 0 atom stereocenters. The van der Waals surface area contributed by atoms with Crippen LogP contribution in [0.15, 0.2) is 0 Å². The SMILES string of the molecule is CCOC(=O)COCCCOCCCCO. The number of ether oxygens (including phenoxy) is 3. The van der Waals surface area contributed by atoms with Crippen molar-refractivity contribution >= 4 is 5.97 Å². The zero-order valence-electron chi connectivity index (χ0n) is 9.94. The Bertz CT molecular complexity index is 160. The fourth-order valence-corrected chi connectivity index (χ4v) is 1.04. The van der Waals surface area contributed by atoms with Crippen LogP contribution in [0.3, 0.4) is 0 Å². The van der Waals surface area contributed by atoms with E-state index in [1.165, 1.54) is 0 Å². The Hall–Kier alpha value is -0.650. The number of unbranched alkanes of at least 4 members (excludes halogenated alkanes) is 1. The first-order valence-electron chi connectivity index (χ1n) is 5.73. The first-order valence-corrected chi connectivity index (χ1v) is 5.73. The highest BCUT2D eigenvalue weighted by molar-refractivity contribution is 5.70. The van der Waals surface area contributed by atoms with Gasteiger partial charge < -0.3 is 19.3 Å². The molecule has 0 aromatic rings. The molecule has 16 heavy (non-hydrogen) atoms. The average molecular weight is 234 g/mol. The predicted molar refractivity (Wildman–Crippen MR) is 59.2 cm³/mol. The molecule has 0 aliphatic heterocycles. The largest absolute Gasteiger partial charge is 0.464 e. The fourth-order valence-electron chi connectivity index (χ4n) is 1.04. The third kappa shape index (κ3) is 11.4. The molecule has 0 radical (unpaired) electrons. The van der Waals surface area contributed by atoms with E-state index >= 15 is 0 Å². The summed E-state index contributed by atoms with van der Waals surface area (Å²) in [6, 6.07) is 0. The Morgan fingerprint density at radius 1 is 1.06 bits per heavy atom. The molecule has 0 saturated carbocycles. The van der Waals surface area contributed by atoms with E-state index in [1.807, 2.05) is 0 Å². The number of aliphatic hydroxyl groups excluding tert-OH is 1. The van der Waals surface area contributed by atoms with E-state index in [2.05, 4.69) is 0 Å². The molecule has 5 nitrogen and oxygen atoms in total. The second kappa shape index (κ2) is 12.4. The molecular formula is C11H22O5. The molecule has 0 unspecified atom stereocenters. The molecule has 5 heteroatoms. The van der Waals surface area contributed by atoms with Gasteiger partial charge in [0, 0.05) is 26.4 Å². The van der Waals surface area contributed by atoms with E-state index in [1.54, 1.807) is 6.92 Å². The van der Waals surface area contributed by atoms with Crippen molar-refractivity contribution in [2.24, 2.45) is 0 Å². The molecule has 96 valence electrons. The molecule has 0 heterocycles. The number of esters is 1. The van der Waals surface area contributed by atoms with Gasteiger partial charge in [-0.3, -0.25) is 0 Å². The number of aliphatic hydroxyl groups is 1. The lowest BCUT2D eigenvalue weighted by atomic mass is 10.3. The first kappa shape index (κ1) is 15.3. The van der Waals surface area contributed by atoms with Crippen LogP contribution in [0.25, 0.3) is 0 Å². The lowest BCUT2D eigenvalue weighted by molar-refractivity contribution is -0.148. The molecule has 0 amide bonds. The summed E-state index contributed by atoms with van der Waals surface area (Å²) in [5.41, 5.74) is 0. The molecule has 0 saturated heterocycles. The van der Waals surface area contributed by atoms with Gasteiger partial charge in [0.2, 0.25) is 0 Å². The van der Waals surface area contributed by atoms with Crippen LogP contribution in [0.4, 0.5) is 0 Å². The summed E-state index contributed by atoms with van der Waals surface area (Å²) in [5.74, 6) is -0.327. The molecule has 0 aliphatic carbocycles. The van der Waals surface area contributed by atoms with Gasteiger partial charge in [-0.15, -0.1) is 0 Å². The Morgan fingerprint density at radius 3 is 2.44 bits per heavy atom. The summed E-state index contributed by atoms with van der Waals surface area (Å²) in [6.45, 7) is 4.16. The Kier molecular flexibility index (Phi) is 11.9. The van der Waals surface area contributed by atoms with Gasteiger partial charge in [-0.2, -0.15) is 0 Å². The maximum atomic E-state index is 10.8. The number of rotatable bonds is 11. The van der Waals surface area contributed by atoms with Crippen molar-refractivity contribution in [1.29, 1.82) is 0 Å². The van der Waals surface area contributed by atoms with Gasteiger partial charge in [-0.05, 0) is 26.2 Å². The summed E-state index contributed by atoms with van der Waals surface area (Å²) in [4.78, 5) is 10.8. The van der Waals surface area contributed by atoms with E-state index in [9.17, 15) is 4.79 Å². The van der Waals surface area contributed by atoms with E-state index in [-0.39, 0.29) is 19.2 Å². The summed E-state index contributed by atoms with van der Waals surface area (Å²) in [6.07, 6.45) is 2.41. The molecule has 0 fully saturated rings. The number of carbonyl (C=O) groups is 1. The summed E-state index contributed by atoms with van der Waals surface area (Å²) < 4.78 is 15.1. The first-order chi connectivity index (χ1) is 7.81. The molecule has 0 spiro atoms. The van der Waals surface area contributed by atoms with E-state index in [0.717, 1.165) is 19.3 Å². The highest BCUT2D eigenvalue weighted by Gasteiger charge is 2.00. The van der Waals surface area contributed by atoms with E-state index in [4.69, 9.17) is 19.3 Å². The molecule has 0 aromatic heterocycles. The second-order valence-corrected chi connectivity index (χ2v) is 3.25. The van der Waals surface area contributed by atoms with Gasteiger partial charge in [-0.1, -0.05) is 0 Å². The monoisotopic (exact) mass is 234 g/mol. The van der Waals surface area contributed by atoms with Crippen LogP contribution in [0, 0.1) is 0 Å². The Morgan fingerprint density at radius 2 is 1.75 bits per heavy atom. The normalized spacial score (nSPS) is 10.4. The van der Waals surface area contributed by atoms with Crippen LogP contribution in [-0.2, 0) is 19.0 Å². The maximum Gasteiger partial charge on any atom is 0.332 e. The minimum atomic E-state index is -0.327. The number of carbonyl (C=O) groups excluding carboxylic acids is 1. The van der Waals surface area contributed by atoms with Crippen molar-refractivity contribution in [3.63, 3.8) is 0 Å². The van der Waals surface area contributed by atoms with E-state index in [0.29, 0.717) is 26.4 Å². The molecule has 0 aliphatic rings. The summed E-state index contributed by atoms with van der Waals surface area (Å²) >= 11 is 0. The lowest BCUT2D eigenvalue weighted by Crippen LogP contribution is -2.13. The number of hydrogen-bond donors (Lipinski definition) is 1. The van der Waals surface area contributed by atoms with Gasteiger partial charge in [0.15, 0.2) is 0 Å². The van der Waals surface area contributed by atoms with Crippen LogP contribution in [0.2, 0.25) is 0 Å².